The highest BCUT2D eigenvalue weighted by Gasteiger charge is 2.38. The normalized spacial score (nSPS) is 16.8. The van der Waals surface area contributed by atoms with E-state index in [1.807, 2.05) is 19.1 Å². The number of aromatic nitrogens is 2. The lowest BCUT2D eigenvalue weighted by atomic mass is 10.1. The van der Waals surface area contributed by atoms with Crippen molar-refractivity contribution in [3.05, 3.63) is 24.0 Å². The van der Waals surface area contributed by atoms with Crippen molar-refractivity contribution in [3.8, 4) is 5.75 Å². The summed E-state index contributed by atoms with van der Waals surface area (Å²) in [5, 5.41) is 0. The fourth-order valence-electron chi connectivity index (χ4n) is 2.47. The van der Waals surface area contributed by atoms with E-state index in [1.54, 1.807) is 0 Å². The first-order chi connectivity index (χ1) is 9.17. The number of rotatable bonds is 5. The maximum Gasteiger partial charge on any atom is 0.147 e. The van der Waals surface area contributed by atoms with Crippen LogP contribution in [0.1, 0.15) is 32.5 Å². The number of benzene rings is 1. The van der Waals surface area contributed by atoms with E-state index in [9.17, 15) is 0 Å². The molecule has 0 atom stereocenters. The first-order valence-electron chi connectivity index (χ1n) is 6.84. The Morgan fingerprint density at radius 2 is 2.21 bits per heavy atom. The lowest BCUT2D eigenvalue weighted by Gasteiger charge is -2.13. The van der Waals surface area contributed by atoms with Crippen LogP contribution in [-0.2, 0) is 12.4 Å². The van der Waals surface area contributed by atoms with Gasteiger partial charge in [0.05, 0.1) is 18.0 Å². The lowest BCUT2D eigenvalue weighted by Crippen LogP contribution is -2.10. The van der Waals surface area contributed by atoms with Crippen molar-refractivity contribution < 1.29 is 4.74 Å². The van der Waals surface area contributed by atoms with E-state index in [-0.39, 0.29) is 0 Å². The van der Waals surface area contributed by atoms with Crippen molar-refractivity contribution in [1.29, 1.82) is 0 Å². The molecule has 3 nitrogen and oxygen atoms in total. The smallest absolute Gasteiger partial charge is 0.147 e. The number of hydrogen-bond acceptors (Lipinski definition) is 2. The van der Waals surface area contributed by atoms with Gasteiger partial charge in [-0.1, -0.05) is 13.0 Å². The summed E-state index contributed by atoms with van der Waals surface area (Å²) in [5.74, 6) is 2.24. The van der Waals surface area contributed by atoms with Crippen molar-refractivity contribution >= 4 is 22.6 Å². The molecule has 0 bridgehead atoms. The van der Waals surface area contributed by atoms with Crippen molar-refractivity contribution in [2.45, 2.75) is 39.1 Å². The van der Waals surface area contributed by atoms with E-state index in [2.05, 4.69) is 22.5 Å². The molecule has 1 heterocycles. The Labute approximate surface area is 118 Å². The van der Waals surface area contributed by atoms with Gasteiger partial charge in [-0.25, -0.2) is 4.98 Å². The zero-order valence-corrected chi connectivity index (χ0v) is 12.2. The van der Waals surface area contributed by atoms with Gasteiger partial charge >= 0.3 is 0 Å². The van der Waals surface area contributed by atoms with Crippen LogP contribution in [0.5, 0.6) is 5.75 Å². The van der Waals surface area contributed by atoms with Gasteiger partial charge in [0.1, 0.15) is 17.1 Å². The second-order valence-corrected chi connectivity index (χ2v) is 5.88. The van der Waals surface area contributed by atoms with Gasteiger partial charge < -0.3 is 9.30 Å². The van der Waals surface area contributed by atoms with Crippen LogP contribution in [-0.4, -0.2) is 16.2 Å². The monoisotopic (exact) mass is 278 g/mol. The Bertz CT molecular complexity index is 601. The third-order valence-corrected chi connectivity index (χ3v) is 4.12. The maximum atomic E-state index is 6.06. The summed E-state index contributed by atoms with van der Waals surface area (Å²) in [6, 6.07) is 6.10. The fraction of sp³-hybridized carbons (Fsp3) is 0.533. The molecule has 0 N–H and O–H groups in total. The molecule has 2 aromatic rings. The molecule has 0 saturated heterocycles. The van der Waals surface area contributed by atoms with Crippen molar-refractivity contribution in [2.75, 3.05) is 6.61 Å². The Morgan fingerprint density at radius 1 is 1.42 bits per heavy atom. The van der Waals surface area contributed by atoms with E-state index < -0.39 is 0 Å². The quantitative estimate of drug-likeness (QED) is 0.774. The largest absolute Gasteiger partial charge is 0.492 e. The molecule has 0 radical (unpaired) electrons. The molecule has 3 rings (SSSR count). The number of fused-ring (bicyclic) bond motifs is 1. The molecule has 1 saturated carbocycles. The highest BCUT2D eigenvalue weighted by Crippen LogP contribution is 2.47. The molecule has 0 aliphatic heterocycles. The average molecular weight is 279 g/mol. The van der Waals surface area contributed by atoms with E-state index in [0.717, 1.165) is 29.2 Å². The fourth-order valence-corrected chi connectivity index (χ4v) is 2.68. The predicted molar refractivity (Wildman–Crippen MR) is 77.8 cm³/mol. The summed E-state index contributed by atoms with van der Waals surface area (Å²) in [7, 11) is 0. The first-order valence-corrected chi connectivity index (χ1v) is 7.37. The molecule has 1 fully saturated rings. The topological polar surface area (TPSA) is 27.1 Å². The zero-order valence-electron chi connectivity index (χ0n) is 11.4. The molecule has 0 spiro atoms. The van der Waals surface area contributed by atoms with Crippen LogP contribution in [0.25, 0.3) is 11.0 Å². The number of ether oxygens (including phenoxy) is 1. The number of halogens is 1. The van der Waals surface area contributed by atoms with E-state index in [4.69, 9.17) is 16.3 Å². The van der Waals surface area contributed by atoms with Crippen LogP contribution in [0.4, 0.5) is 0 Å². The van der Waals surface area contributed by atoms with Gasteiger partial charge in [-0.15, -0.1) is 11.6 Å². The van der Waals surface area contributed by atoms with Gasteiger partial charge in [-0.3, -0.25) is 0 Å². The minimum atomic E-state index is 0.427. The number of imidazole rings is 1. The molecule has 1 aliphatic carbocycles. The van der Waals surface area contributed by atoms with Gasteiger partial charge in [0.25, 0.3) is 0 Å². The van der Waals surface area contributed by atoms with Crippen LogP contribution in [0.2, 0.25) is 0 Å². The zero-order chi connectivity index (χ0) is 13.5. The predicted octanol–water partition coefficient (Wildman–Crippen LogP) is 3.97. The number of alkyl halides is 1. The summed E-state index contributed by atoms with van der Waals surface area (Å²) in [5.41, 5.74) is 2.50. The Kier molecular flexibility index (Phi) is 3.17. The third-order valence-electron chi connectivity index (χ3n) is 3.88. The number of para-hydroxylation sites is 1. The summed E-state index contributed by atoms with van der Waals surface area (Å²) in [6.07, 6.45) is 2.58. The number of nitrogens with zero attached hydrogens (tertiary/aromatic N) is 2. The van der Waals surface area contributed by atoms with Crippen LogP contribution in [0.3, 0.4) is 0 Å². The molecule has 102 valence electrons. The Balaban J connectivity index is 2.10. The highest BCUT2D eigenvalue weighted by molar-refractivity contribution is 6.16. The molecule has 1 aromatic heterocycles. The minimum absolute atomic E-state index is 0.427. The van der Waals surface area contributed by atoms with Gasteiger partial charge in [0.2, 0.25) is 0 Å². The van der Waals surface area contributed by atoms with Gasteiger partial charge in [0.15, 0.2) is 0 Å². The molecule has 1 aliphatic rings. The second kappa shape index (κ2) is 4.71. The van der Waals surface area contributed by atoms with E-state index in [1.165, 1.54) is 12.8 Å². The molecular weight excluding hydrogens is 260 g/mol. The van der Waals surface area contributed by atoms with Gasteiger partial charge in [-0.05, 0) is 37.3 Å². The van der Waals surface area contributed by atoms with Gasteiger partial charge in [-0.2, -0.15) is 0 Å². The van der Waals surface area contributed by atoms with Gasteiger partial charge in [0, 0.05) is 6.54 Å². The minimum Gasteiger partial charge on any atom is -0.492 e. The van der Waals surface area contributed by atoms with Crippen LogP contribution >= 0.6 is 11.6 Å². The molecule has 0 unspecified atom stereocenters. The Hall–Kier alpha value is -1.22. The van der Waals surface area contributed by atoms with Crippen molar-refractivity contribution in [1.82, 2.24) is 9.55 Å². The van der Waals surface area contributed by atoms with Crippen LogP contribution in [0.15, 0.2) is 18.2 Å². The highest BCUT2D eigenvalue weighted by atomic mass is 35.5. The maximum absolute atomic E-state index is 6.06. The third kappa shape index (κ3) is 2.32. The standard InChI is InChI=1S/C15H19ClN2O/c1-3-19-12-6-4-5-11-14(12)17-13(9-16)18(11)10-15(2)7-8-15/h4-6H,3,7-10H2,1-2H3. The van der Waals surface area contributed by atoms with Crippen LogP contribution < -0.4 is 4.74 Å². The Morgan fingerprint density at radius 3 is 2.84 bits per heavy atom. The molecule has 0 amide bonds. The molecule has 4 heteroatoms. The molecule has 1 aromatic carbocycles. The lowest BCUT2D eigenvalue weighted by molar-refractivity contribution is 0.343. The summed E-state index contributed by atoms with van der Waals surface area (Å²) >= 11 is 6.06. The molecular formula is C15H19ClN2O. The second-order valence-electron chi connectivity index (χ2n) is 5.62. The number of hydrogen-bond donors (Lipinski definition) is 0. The van der Waals surface area contributed by atoms with Crippen LogP contribution in [0, 0.1) is 5.41 Å². The van der Waals surface area contributed by atoms with Crippen molar-refractivity contribution in [3.63, 3.8) is 0 Å². The van der Waals surface area contributed by atoms with E-state index >= 15 is 0 Å². The molecule has 19 heavy (non-hydrogen) atoms. The summed E-state index contributed by atoms with van der Waals surface area (Å²) < 4.78 is 7.92. The SMILES string of the molecule is CCOc1cccc2c1nc(CCl)n2CC1(C)CC1. The van der Waals surface area contributed by atoms with E-state index in [0.29, 0.717) is 17.9 Å². The van der Waals surface area contributed by atoms with Crippen molar-refractivity contribution in [2.24, 2.45) is 5.41 Å². The first kappa shape index (κ1) is 12.8. The summed E-state index contributed by atoms with van der Waals surface area (Å²) in [4.78, 5) is 4.67. The summed E-state index contributed by atoms with van der Waals surface area (Å²) in [6.45, 7) is 5.97. The average Bonchev–Trinajstić information content (AvgIpc) is 3.02.